The van der Waals surface area contributed by atoms with Crippen molar-refractivity contribution in [3.63, 3.8) is 0 Å². The van der Waals surface area contributed by atoms with E-state index in [0.29, 0.717) is 0 Å². The van der Waals surface area contributed by atoms with Gasteiger partial charge in [-0.25, -0.2) is 4.98 Å². The van der Waals surface area contributed by atoms with Crippen LogP contribution in [0.1, 0.15) is 43.6 Å². The summed E-state index contributed by atoms with van der Waals surface area (Å²) in [4.78, 5) is 5.04. The highest BCUT2D eigenvalue weighted by atomic mass is 28.4. The van der Waals surface area contributed by atoms with Gasteiger partial charge in [0.15, 0.2) is 8.32 Å². The Morgan fingerprint density at radius 2 is 1.69 bits per heavy atom. The average molecular weight is 362 g/mol. The Morgan fingerprint density at radius 3 is 2.42 bits per heavy atom. The summed E-state index contributed by atoms with van der Waals surface area (Å²) in [6.45, 7) is 13.6. The summed E-state index contributed by atoms with van der Waals surface area (Å²) in [6, 6.07) is 17.4. The largest absolute Gasteiger partial charge is 0.406 e. The quantitative estimate of drug-likeness (QED) is 0.478. The van der Waals surface area contributed by atoms with E-state index in [0.717, 1.165) is 11.2 Å². The SMILES string of the molecule is Cc1ccc2cc3c(nc2c1)-c1ccccc1C3O[Si](C)(C)C(C)(C)C. The minimum atomic E-state index is -1.91. The fourth-order valence-corrected chi connectivity index (χ4v) is 4.61. The first-order chi connectivity index (χ1) is 12.2. The Hall–Kier alpha value is -1.97. The molecule has 0 bridgehead atoms. The van der Waals surface area contributed by atoms with Crippen molar-refractivity contribution in [2.45, 2.75) is 51.9 Å². The van der Waals surface area contributed by atoms with Gasteiger partial charge in [0.05, 0.1) is 17.3 Å². The molecule has 1 unspecified atom stereocenters. The summed E-state index contributed by atoms with van der Waals surface area (Å²) in [5.74, 6) is 0. The second kappa shape index (κ2) is 5.76. The van der Waals surface area contributed by atoms with Crippen LogP contribution in [-0.2, 0) is 4.43 Å². The number of rotatable bonds is 2. The lowest BCUT2D eigenvalue weighted by Gasteiger charge is -2.38. The van der Waals surface area contributed by atoms with Crippen molar-refractivity contribution < 1.29 is 4.43 Å². The Balaban J connectivity index is 1.91. The van der Waals surface area contributed by atoms with Gasteiger partial charge in [0.2, 0.25) is 0 Å². The van der Waals surface area contributed by atoms with Crippen LogP contribution < -0.4 is 0 Å². The molecule has 0 aliphatic heterocycles. The first-order valence-corrected chi connectivity index (χ1v) is 12.3. The lowest BCUT2D eigenvalue weighted by Crippen LogP contribution is -2.41. The molecule has 0 amide bonds. The van der Waals surface area contributed by atoms with Crippen molar-refractivity contribution in [1.29, 1.82) is 0 Å². The molecule has 1 aromatic heterocycles. The fraction of sp³-hybridized carbons (Fsp3) is 0.348. The van der Waals surface area contributed by atoms with E-state index in [1.54, 1.807) is 0 Å². The van der Waals surface area contributed by atoms with Crippen LogP contribution in [0.25, 0.3) is 22.2 Å². The summed E-state index contributed by atoms with van der Waals surface area (Å²) < 4.78 is 6.89. The average Bonchev–Trinajstić information content (AvgIpc) is 2.85. The van der Waals surface area contributed by atoms with Crippen LogP contribution in [0.4, 0.5) is 0 Å². The molecule has 1 atom stereocenters. The van der Waals surface area contributed by atoms with E-state index in [1.165, 1.54) is 27.6 Å². The maximum Gasteiger partial charge on any atom is 0.193 e. The van der Waals surface area contributed by atoms with Crippen LogP contribution in [0.3, 0.4) is 0 Å². The summed E-state index contributed by atoms with van der Waals surface area (Å²) in [6.07, 6.45) is -0.0136. The molecule has 0 spiro atoms. The molecule has 1 aliphatic rings. The van der Waals surface area contributed by atoms with E-state index in [4.69, 9.17) is 9.41 Å². The number of nitrogens with zero attached hydrogens (tertiary/aromatic N) is 1. The number of hydrogen-bond donors (Lipinski definition) is 0. The van der Waals surface area contributed by atoms with Crippen LogP contribution in [0, 0.1) is 6.92 Å². The molecule has 26 heavy (non-hydrogen) atoms. The Morgan fingerprint density at radius 1 is 0.962 bits per heavy atom. The normalized spacial score (nSPS) is 16.6. The topological polar surface area (TPSA) is 22.1 Å². The first kappa shape index (κ1) is 17.4. The monoisotopic (exact) mass is 361 g/mol. The standard InChI is InChI=1S/C23H27NOSi/c1-15-11-12-16-14-19-21(24-20(16)13-15)17-9-7-8-10-18(17)22(19)25-26(5,6)23(2,3)4/h7-14,22H,1-6H3. The van der Waals surface area contributed by atoms with E-state index in [2.05, 4.69) is 89.3 Å². The van der Waals surface area contributed by atoms with E-state index >= 15 is 0 Å². The molecule has 0 radical (unpaired) electrons. The maximum atomic E-state index is 6.89. The highest BCUT2D eigenvalue weighted by molar-refractivity contribution is 6.74. The van der Waals surface area contributed by atoms with E-state index in [-0.39, 0.29) is 11.1 Å². The van der Waals surface area contributed by atoms with Crippen molar-refractivity contribution in [2.24, 2.45) is 0 Å². The van der Waals surface area contributed by atoms with Crippen LogP contribution in [0.2, 0.25) is 18.1 Å². The maximum absolute atomic E-state index is 6.89. The molecule has 3 aromatic rings. The minimum Gasteiger partial charge on any atom is -0.406 e. The zero-order valence-corrected chi connectivity index (χ0v) is 17.6. The molecule has 1 aliphatic carbocycles. The minimum absolute atomic E-state index is 0.0136. The fourth-order valence-electron chi connectivity index (χ4n) is 3.42. The summed E-state index contributed by atoms with van der Waals surface area (Å²) in [7, 11) is -1.91. The predicted molar refractivity (Wildman–Crippen MR) is 112 cm³/mol. The molecule has 0 saturated heterocycles. The van der Waals surface area contributed by atoms with Gasteiger partial charge in [-0.1, -0.05) is 57.2 Å². The Kier molecular flexibility index (Phi) is 3.87. The molecule has 134 valence electrons. The van der Waals surface area contributed by atoms with Crippen LogP contribution in [0.15, 0.2) is 48.5 Å². The van der Waals surface area contributed by atoms with Gasteiger partial charge in [-0.05, 0) is 48.3 Å². The lowest BCUT2D eigenvalue weighted by molar-refractivity contribution is 0.226. The van der Waals surface area contributed by atoms with Crippen molar-refractivity contribution >= 4 is 19.2 Å². The number of pyridine rings is 1. The Bertz CT molecular complexity index is 1000. The van der Waals surface area contributed by atoms with Crippen molar-refractivity contribution in [3.8, 4) is 11.3 Å². The predicted octanol–water partition coefficient (Wildman–Crippen LogP) is 6.63. The van der Waals surface area contributed by atoms with Gasteiger partial charge in [0, 0.05) is 16.5 Å². The number of aryl methyl sites for hydroxylation is 1. The molecule has 0 fully saturated rings. The molecule has 3 heteroatoms. The third-order valence-electron chi connectivity index (χ3n) is 6.00. The highest BCUT2D eigenvalue weighted by Crippen LogP contribution is 2.49. The molecule has 0 saturated carbocycles. The molecular formula is C23H27NOSi. The smallest absolute Gasteiger partial charge is 0.193 e. The molecule has 2 nitrogen and oxygen atoms in total. The van der Waals surface area contributed by atoms with E-state index in [9.17, 15) is 0 Å². The third kappa shape index (κ3) is 2.70. The second-order valence-corrected chi connectivity index (χ2v) is 13.7. The van der Waals surface area contributed by atoms with Crippen molar-refractivity contribution in [2.75, 3.05) is 0 Å². The highest BCUT2D eigenvalue weighted by Gasteiger charge is 2.42. The second-order valence-electron chi connectivity index (χ2n) is 8.97. The summed E-state index contributed by atoms with van der Waals surface area (Å²) in [5.41, 5.74) is 7.08. The van der Waals surface area contributed by atoms with Crippen molar-refractivity contribution in [3.05, 3.63) is 65.2 Å². The zero-order valence-electron chi connectivity index (χ0n) is 16.6. The van der Waals surface area contributed by atoms with E-state index in [1.807, 2.05) is 0 Å². The molecule has 1 heterocycles. The van der Waals surface area contributed by atoms with Crippen LogP contribution in [0.5, 0.6) is 0 Å². The number of fused-ring (bicyclic) bond motifs is 4. The van der Waals surface area contributed by atoms with Crippen LogP contribution >= 0.6 is 0 Å². The van der Waals surface area contributed by atoms with Crippen molar-refractivity contribution in [1.82, 2.24) is 4.98 Å². The van der Waals surface area contributed by atoms with Gasteiger partial charge in [-0.2, -0.15) is 0 Å². The molecular weight excluding hydrogens is 334 g/mol. The van der Waals surface area contributed by atoms with Crippen LogP contribution in [-0.4, -0.2) is 13.3 Å². The number of hydrogen-bond acceptors (Lipinski definition) is 2. The van der Waals surface area contributed by atoms with Gasteiger partial charge in [0.1, 0.15) is 0 Å². The zero-order chi connectivity index (χ0) is 18.7. The number of aromatic nitrogens is 1. The van der Waals surface area contributed by atoms with Gasteiger partial charge in [-0.3, -0.25) is 0 Å². The lowest BCUT2D eigenvalue weighted by atomic mass is 10.1. The van der Waals surface area contributed by atoms with Gasteiger partial charge >= 0.3 is 0 Å². The summed E-state index contributed by atoms with van der Waals surface area (Å²) >= 11 is 0. The molecule has 0 N–H and O–H groups in total. The van der Waals surface area contributed by atoms with Gasteiger partial charge < -0.3 is 4.43 Å². The first-order valence-electron chi connectivity index (χ1n) is 9.36. The van der Waals surface area contributed by atoms with Gasteiger partial charge in [-0.15, -0.1) is 0 Å². The third-order valence-corrected chi connectivity index (χ3v) is 10.4. The van der Waals surface area contributed by atoms with Gasteiger partial charge in [0.25, 0.3) is 0 Å². The van der Waals surface area contributed by atoms with E-state index < -0.39 is 8.32 Å². The Labute approximate surface area is 157 Å². The molecule has 2 aromatic carbocycles. The summed E-state index contributed by atoms with van der Waals surface area (Å²) in [5, 5.41) is 1.36. The molecule has 4 rings (SSSR count). The number of benzene rings is 2.